The molecule has 0 radical (unpaired) electrons. The van der Waals surface area contributed by atoms with Crippen LogP contribution < -0.4 is 10.3 Å². The Hall–Kier alpha value is -4.74. The summed E-state index contributed by atoms with van der Waals surface area (Å²) in [6.45, 7) is 1.21. The molecular formula is C26H16Cl2N4O7. The van der Waals surface area contributed by atoms with Crippen LogP contribution in [0, 0.1) is 10.1 Å². The summed E-state index contributed by atoms with van der Waals surface area (Å²) in [5.41, 5.74) is -0.0166. The Balaban J connectivity index is 1.65. The standard InChI is InChI=1S/C26H16Cl2N4O7/c1-13(26(34)35)38-23-18(28)8-14(9-20(23)32(36)37)12-29-31-24(30-19-5-3-2-4-17(19)25(31)33)22-11-15-10-16(27)6-7-21(15)39-22/h2-13H,1H3,(H,34,35)/t13-/m0/s1. The third kappa shape index (κ3) is 5.05. The predicted octanol–water partition coefficient (Wildman–Crippen LogP) is 5.76. The number of ether oxygens (including phenoxy) is 1. The van der Waals surface area contributed by atoms with Gasteiger partial charge in [-0.05, 0) is 49.4 Å². The molecule has 5 aromatic rings. The SMILES string of the molecule is C[C@H](Oc1c(Cl)cc(C=Nn2c(-c3cc4cc(Cl)ccc4o3)nc3ccccc3c2=O)cc1[N+](=O)[O-])C(=O)O. The second-order valence-electron chi connectivity index (χ2n) is 8.31. The molecule has 0 fully saturated rings. The molecule has 0 saturated heterocycles. The van der Waals surface area contributed by atoms with Crippen LogP contribution in [0.5, 0.6) is 5.75 Å². The molecule has 2 heterocycles. The Bertz CT molecular complexity index is 1880. The zero-order valence-electron chi connectivity index (χ0n) is 19.9. The van der Waals surface area contributed by atoms with Crippen LogP contribution in [0.4, 0.5) is 5.69 Å². The van der Waals surface area contributed by atoms with Gasteiger partial charge < -0.3 is 14.3 Å². The molecule has 39 heavy (non-hydrogen) atoms. The van der Waals surface area contributed by atoms with Crippen LogP contribution in [-0.4, -0.2) is 38.0 Å². The summed E-state index contributed by atoms with van der Waals surface area (Å²) in [6, 6.07) is 15.8. The first-order valence-electron chi connectivity index (χ1n) is 11.3. The van der Waals surface area contributed by atoms with Gasteiger partial charge in [0.2, 0.25) is 11.6 Å². The lowest BCUT2D eigenvalue weighted by molar-refractivity contribution is -0.386. The van der Waals surface area contributed by atoms with Crippen molar-refractivity contribution in [3.8, 4) is 17.3 Å². The number of carbonyl (C=O) groups is 1. The third-order valence-electron chi connectivity index (χ3n) is 5.66. The fourth-order valence-corrected chi connectivity index (χ4v) is 4.24. The number of fused-ring (bicyclic) bond motifs is 2. The lowest BCUT2D eigenvalue weighted by atomic mass is 10.2. The maximum Gasteiger partial charge on any atom is 0.344 e. The molecule has 0 aliphatic rings. The molecule has 0 unspecified atom stereocenters. The lowest BCUT2D eigenvalue weighted by Crippen LogP contribution is -2.23. The van der Waals surface area contributed by atoms with Gasteiger partial charge in [-0.25, -0.2) is 9.78 Å². The van der Waals surface area contributed by atoms with Crippen LogP contribution in [0.15, 0.2) is 75.0 Å². The van der Waals surface area contributed by atoms with E-state index < -0.39 is 34.0 Å². The third-order valence-corrected chi connectivity index (χ3v) is 6.18. The van der Waals surface area contributed by atoms with E-state index in [1.165, 1.54) is 19.2 Å². The van der Waals surface area contributed by atoms with Crippen molar-refractivity contribution in [3.05, 3.63) is 96.7 Å². The number of halogens is 2. The monoisotopic (exact) mass is 566 g/mol. The molecule has 0 saturated carbocycles. The van der Waals surface area contributed by atoms with Crippen LogP contribution >= 0.6 is 23.2 Å². The molecular weight excluding hydrogens is 551 g/mol. The molecule has 11 nitrogen and oxygen atoms in total. The number of nitrogens with zero attached hydrogens (tertiary/aromatic N) is 4. The van der Waals surface area contributed by atoms with Crippen LogP contribution in [0.3, 0.4) is 0 Å². The van der Waals surface area contributed by atoms with Gasteiger partial charge in [-0.1, -0.05) is 35.3 Å². The van der Waals surface area contributed by atoms with Crippen LogP contribution in [0.2, 0.25) is 10.0 Å². The summed E-state index contributed by atoms with van der Waals surface area (Å²) in [5, 5.41) is 26.3. The van der Waals surface area contributed by atoms with E-state index in [9.17, 15) is 19.7 Å². The molecule has 1 atom stereocenters. The largest absolute Gasteiger partial charge is 0.479 e. The van der Waals surface area contributed by atoms with E-state index in [4.69, 9.17) is 37.5 Å². The minimum Gasteiger partial charge on any atom is -0.479 e. The maximum atomic E-state index is 13.4. The zero-order chi connectivity index (χ0) is 27.8. The number of nitro groups is 1. The maximum absolute atomic E-state index is 13.4. The van der Waals surface area contributed by atoms with Gasteiger partial charge in [-0.3, -0.25) is 14.9 Å². The Morgan fingerprint density at radius 2 is 1.97 bits per heavy atom. The number of rotatable bonds is 7. The zero-order valence-corrected chi connectivity index (χ0v) is 21.4. The highest BCUT2D eigenvalue weighted by Crippen LogP contribution is 2.37. The second kappa shape index (κ2) is 10.2. The van der Waals surface area contributed by atoms with E-state index in [1.807, 2.05) is 0 Å². The first-order valence-corrected chi connectivity index (χ1v) is 12.0. The molecule has 0 aliphatic carbocycles. The highest BCUT2D eigenvalue weighted by atomic mass is 35.5. The van der Waals surface area contributed by atoms with Crippen molar-refractivity contribution in [1.82, 2.24) is 9.66 Å². The molecule has 196 valence electrons. The van der Waals surface area contributed by atoms with Crippen molar-refractivity contribution in [2.75, 3.05) is 0 Å². The number of hydrogen-bond donors (Lipinski definition) is 1. The topological polar surface area (TPSA) is 150 Å². The number of nitro benzene ring substituents is 1. The average molecular weight is 567 g/mol. The molecule has 1 N–H and O–H groups in total. The highest BCUT2D eigenvalue weighted by Gasteiger charge is 2.25. The Labute approximate surface area is 228 Å². The molecule has 5 rings (SSSR count). The molecule has 0 bridgehead atoms. The van der Waals surface area contributed by atoms with E-state index in [0.717, 1.165) is 10.7 Å². The predicted molar refractivity (Wildman–Crippen MR) is 145 cm³/mol. The van der Waals surface area contributed by atoms with Crippen molar-refractivity contribution in [1.29, 1.82) is 0 Å². The number of benzene rings is 3. The first-order chi connectivity index (χ1) is 18.6. The van der Waals surface area contributed by atoms with Crippen molar-refractivity contribution in [2.45, 2.75) is 13.0 Å². The van der Waals surface area contributed by atoms with Gasteiger partial charge in [-0.2, -0.15) is 9.78 Å². The number of carboxylic acid groups (broad SMARTS) is 1. The molecule has 13 heteroatoms. The fraction of sp³-hybridized carbons (Fsp3) is 0.0769. The van der Waals surface area contributed by atoms with Gasteiger partial charge >= 0.3 is 11.7 Å². The Morgan fingerprint density at radius 1 is 1.21 bits per heavy atom. The Kier molecular flexibility index (Phi) is 6.77. The van der Waals surface area contributed by atoms with Gasteiger partial charge in [0.05, 0.1) is 27.1 Å². The van der Waals surface area contributed by atoms with E-state index in [2.05, 4.69) is 10.1 Å². The molecule has 0 amide bonds. The van der Waals surface area contributed by atoms with Gasteiger partial charge in [0.25, 0.3) is 5.56 Å². The minimum absolute atomic E-state index is 0.0816. The van der Waals surface area contributed by atoms with Crippen LogP contribution in [-0.2, 0) is 4.79 Å². The lowest BCUT2D eigenvalue weighted by Gasteiger charge is -2.12. The normalized spacial score (nSPS) is 12.3. The number of furan rings is 1. The number of aromatic nitrogens is 2. The average Bonchev–Trinajstić information content (AvgIpc) is 3.32. The van der Waals surface area contributed by atoms with Crippen LogP contribution in [0.25, 0.3) is 33.5 Å². The molecule has 3 aromatic carbocycles. The Morgan fingerprint density at radius 3 is 2.72 bits per heavy atom. The van der Waals surface area contributed by atoms with Gasteiger partial charge in [-0.15, -0.1) is 0 Å². The number of hydrogen-bond acceptors (Lipinski definition) is 8. The van der Waals surface area contributed by atoms with E-state index in [-0.39, 0.29) is 27.6 Å². The summed E-state index contributed by atoms with van der Waals surface area (Å²) in [6.07, 6.45) is -0.200. The molecule has 0 spiro atoms. The van der Waals surface area contributed by atoms with Gasteiger partial charge in [0.15, 0.2) is 11.9 Å². The van der Waals surface area contributed by atoms with E-state index in [1.54, 1.807) is 48.5 Å². The second-order valence-corrected chi connectivity index (χ2v) is 9.16. The van der Waals surface area contributed by atoms with Crippen molar-refractivity contribution in [3.63, 3.8) is 0 Å². The summed E-state index contributed by atoms with van der Waals surface area (Å²) in [4.78, 5) is 40.1. The summed E-state index contributed by atoms with van der Waals surface area (Å²) in [5.74, 6) is -1.41. The van der Waals surface area contributed by atoms with Crippen molar-refractivity contribution < 1.29 is 24.0 Å². The summed E-state index contributed by atoms with van der Waals surface area (Å²) >= 11 is 12.3. The smallest absolute Gasteiger partial charge is 0.344 e. The molecule has 0 aliphatic heterocycles. The summed E-state index contributed by atoms with van der Waals surface area (Å²) in [7, 11) is 0. The van der Waals surface area contributed by atoms with Crippen molar-refractivity contribution in [2.24, 2.45) is 5.10 Å². The number of carboxylic acids is 1. The first kappa shape index (κ1) is 25.9. The molecule has 2 aromatic heterocycles. The fourth-order valence-electron chi connectivity index (χ4n) is 3.79. The number of para-hydroxylation sites is 1. The van der Waals surface area contributed by atoms with Crippen LogP contribution in [0.1, 0.15) is 12.5 Å². The van der Waals surface area contributed by atoms with E-state index >= 15 is 0 Å². The van der Waals surface area contributed by atoms with Gasteiger partial charge in [0, 0.05) is 22.0 Å². The highest BCUT2D eigenvalue weighted by molar-refractivity contribution is 6.32. The minimum atomic E-state index is -1.38. The summed E-state index contributed by atoms with van der Waals surface area (Å²) < 4.78 is 12.1. The quantitative estimate of drug-likeness (QED) is 0.148. The number of aliphatic carboxylic acids is 1. The van der Waals surface area contributed by atoms with Gasteiger partial charge in [0.1, 0.15) is 5.58 Å². The van der Waals surface area contributed by atoms with Crippen molar-refractivity contribution >= 4 is 62.9 Å². The van der Waals surface area contributed by atoms with E-state index in [0.29, 0.717) is 21.5 Å².